The first-order valence-electron chi connectivity index (χ1n) is 12.4. The monoisotopic (exact) mass is 479 g/mol. The number of aromatic amines is 1. The smallest absolute Gasteiger partial charge is 0.260 e. The van der Waals surface area contributed by atoms with E-state index < -0.39 is 0 Å². The van der Waals surface area contributed by atoms with Gasteiger partial charge in [-0.15, -0.1) is 0 Å². The van der Waals surface area contributed by atoms with Crippen molar-refractivity contribution in [2.75, 3.05) is 40.5 Å². The molecule has 1 aliphatic heterocycles. The largest absolute Gasteiger partial charge is 0.493 e. The van der Waals surface area contributed by atoms with Crippen molar-refractivity contribution in [3.05, 3.63) is 42.0 Å². The van der Waals surface area contributed by atoms with E-state index in [-0.39, 0.29) is 18.4 Å². The summed E-state index contributed by atoms with van der Waals surface area (Å²) in [5.74, 6) is 2.89. The molecule has 0 bridgehead atoms. The molecule has 0 radical (unpaired) electrons. The molecule has 0 aliphatic carbocycles. The fourth-order valence-corrected chi connectivity index (χ4v) is 5.10. The molecule has 7 heteroatoms. The number of nitrogens with zero attached hydrogens (tertiary/aromatic N) is 1. The van der Waals surface area contributed by atoms with E-state index in [4.69, 9.17) is 19.9 Å². The van der Waals surface area contributed by atoms with Crippen molar-refractivity contribution in [2.45, 2.75) is 39.0 Å². The van der Waals surface area contributed by atoms with E-state index in [1.54, 1.807) is 14.2 Å². The fourth-order valence-electron chi connectivity index (χ4n) is 5.10. The number of nitrogens with one attached hydrogen (secondary N) is 1. The number of methoxy groups -OCH3 is 2. The van der Waals surface area contributed by atoms with Gasteiger partial charge in [0, 0.05) is 29.6 Å². The number of H-pyrrole nitrogens is 1. The predicted molar refractivity (Wildman–Crippen MR) is 139 cm³/mol. The quantitative estimate of drug-likeness (QED) is 0.454. The Bertz CT molecular complexity index is 1170. The summed E-state index contributed by atoms with van der Waals surface area (Å²) < 4.78 is 16.9. The van der Waals surface area contributed by atoms with Crippen molar-refractivity contribution in [3.8, 4) is 28.5 Å². The van der Waals surface area contributed by atoms with Crippen LogP contribution in [0, 0.1) is 5.92 Å². The van der Waals surface area contributed by atoms with Crippen LogP contribution in [-0.4, -0.2) is 56.3 Å². The normalized spacial score (nSPS) is 16.1. The Hall–Kier alpha value is -3.19. The third-order valence-electron chi connectivity index (χ3n) is 6.87. The van der Waals surface area contributed by atoms with Crippen LogP contribution in [0.5, 0.6) is 17.2 Å². The second-order valence-corrected chi connectivity index (χ2v) is 9.56. The molecule has 0 saturated carbocycles. The zero-order valence-corrected chi connectivity index (χ0v) is 21.2. The number of ether oxygens (including phenoxy) is 3. The highest BCUT2D eigenvalue weighted by atomic mass is 16.5. The molecule has 4 rings (SSSR count). The first-order valence-corrected chi connectivity index (χ1v) is 12.4. The molecule has 1 saturated heterocycles. The van der Waals surface area contributed by atoms with Gasteiger partial charge >= 0.3 is 0 Å². The van der Waals surface area contributed by atoms with Gasteiger partial charge in [-0.2, -0.15) is 0 Å². The number of likely N-dealkylation sites (tertiary alicyclic amines) is 1. The number of nitrogens with two attached hydrogens (primary N) is 1. The van der Waals surface area contributed by atoms with Crippen molar-refractivity contribution < 1.29 is 19.0 Å². The van der Waals surface area contributed by atoms with Crippen LogP contribution in [0.2, 0.25) is 0 Å². The highest BCUT2D eigenvalue weighted by Crippen LogP contribution is 2.39. The van der Waals surface area contributed by atoms with E-state index in [2.05, 4.69) is 18.8 Å². The minimum atomic E-state index is 0.0380. The van der Waals surface area contributed by atoms with Gasteiger partial charge < -0.3 is 29.8 Å². The Kier molecular flexibility index (Phi) is 7.86. The predicted octanol–water partition coefficient (Wildman–Crippen LogP) is 4.94. The summed E-state index contributed by atoms with van der Waals surface area (Å²) in [6, 6.07) is 11.9. The first-order chi connectivity index (χ1) is 16.9. The van der Waals surface area contributed by atoms with Crippen LogP contribution in [0.1, 0.15) is 44.6 Å². The lowest BCUT2D eigenvalue weighted by atomic mass is 9.95. The molecule has 3 N–H and O–H groups in total. The average Bonchev–Trinajstić information content (AvgIpc) is 3.26. The van der Waals surface area contributed by atoms with Crippen LogP contribution in [0.4, 0.5) is 0 Å². The van der Waals surface area contributed by atoms with Gasteiger partial charge in [-0.1, -0.05) is 13.8 Å². The Morgan fingerprint density at radius 3 is 2.66 bits per heavy atom. The number of aromatic nitrogens is 1. The van der Waals surface area contributed by atoms with Gasteiger partial charge in [-0.3, -0.25) is 4.79 Å². The molecule has 1 fully saturated rings. The van der Waals surface area contributed by atoms with Gasteiger partial charge in [0.15, 0.2) is 18.1 Å². The minimum absolute atomic E-state index is 0.0380. The molecule has 1 amide bonds. The van der Waals surface area contributed by atoms with Crippen LogP contribution in [0.15, 0.2) is 36.4 Å². The lowest BCUT2D eigenvalue weighted by molar-refractivity contribution is -0.135. The Morgan fingerprint density at radius 1 is 1.14 bits per heavy atom. The number of hydrogen-bond acceptors (Lipinski definition) is 5. The van der Waals surface area contributed by atoms with Gasteiger partial charge in [-0.25, -0.2) is 0 Å². The maximum absolute atomic E-state index is 12.8. The second kappa shape index (κ2) is 11.0. The van der Waals surface area contributed by atoms with Crippen LogP contribution in [0.25, 0.3) is 22.2 Å². The molecule has 1 aliphatic rings. The highest BCUT2D eigenvalue weighted by molar-refractivity contribution is 5.92. The molecular weight excluding hydrogens is 442 g/mol. The van der Waals surface area contributed by atoms with Gasteiger partial charge in [0.2, 0.25) is 0 Å². The number of piperidine rings is 1. The second-order valence-electron chi connectivity index (χ2n) is 9.56. The summed E-state index contributed by atoms with van der Waals surface area (Å²) >= 11 is 0. The molecule has 3 aromatic rings. The number of rotatable bonds is 9. The van der Waals surface area contributed by atoms with E-state index in [1.165, 1.54) is 5.56 Å². The van der Waals surface area contributed by atoms with Crippen molar-refractivity contribution in [1.29, 1.82) is 0 Å². The molecule has 35 heavy (non-hydrogen) atoms. The molecule has 1 aromatic heterocycles. The molecule has 2 aromatic carbocycles. The summed E-state index contributed by atoms with van der Waals surface area (Å²) in [6.07, 6.45) is 3.14. The zero-order chi connectivity index (χ0) is 24.9. The van der Waals surface area contributed by atoms with Gasteiger partial charge in [-0.05, 0) is 79.6 Å². The van der Waals surface area contributed by atoms with Crippen LogP contribution in [-0.2, 0) is 4.79 Å². The van der Waals surface area contributed by atoms with E-state index in [0.29, 0.717) is 29.7 Å². The van der Waals surface area contributed by atoms with E-state index >= 15 is 0 Å². The van der Waals surface area contributed by atoms with Gasteiger partial charge in [0.1, 0.15) is 5.75 Å². The Morgan fingerprint density at radius 2 is 1.94 bits per heavy atom. The van der Waals surface area contributed by atoms with Crippen LogP contribution >= 0.6 is 0 Å². The molecule has 1 atom stereocenters. The number of carbonyl (C=O) groups excluding carboxylic acids is 1. The standard InChI is InChI=1S/C28H37N3O4/c1-18(2)27-22-15-21(35-17-26(32)31-13-5-6-19(16-31)11-12-29)8-9-23(22)30-28(27)20-7-10-24(33-3)25(14-20)34-4/h7-10,14-15,18-19,30H,5-6,11-13,16-17,29H2,1-4H3. The summed E-state index contributed by atoms with van der Waals surface area (Å²) in [4.78, 5) is 18.3. The Balaban J connectivity index is 1.56. The molecule has 7 nitrogen and oxygen atoms in total. The maximum Gasteiger partial charge on any atom is 0.260 e. The van der Waals surface area contributed by atoms with Crippen molar-refractivity contribution in [1.82, 2.24) is 9.88 Å². The topological polar surface area (TPSA) is 89.8 Å². The zero-order valence-electron chi connectivity index (χ0n) is 21.2. The SMILES string of the molecule is COc1ccc(-c2[nH]c3ccc(OCC(=O)N4CCCC(CCN)C4)cc3c2C(C)C)cc1OC. The van der Waals surface area contributed by atoms with Gasteiger partial charge in [0.05, 0.1) is 19.9 Å². The van der Waals surface area contributed by atoms with E-state index in [9.17, 15) is 4.79 Å². The van der Waals surface area contributed by atoms with Crippen LogP contribution in [0.3, 0.4) is 0 Å². The highest BCUT2D eigenvalue weighted by Gasteiger charge is 2.24. The number of hydrogen-bond donors (Lipinski definition) is 2. The van der Waals surface area contributed by atoms with Crippen molar-refractivity contribution in [2.24, 2.45) is 11.7 Å². The molecule has 2 heterocycles. The van der Waals surface area contributed by atoms with Crippen molar-refractivity contribution in [3.63, 3.8) is 0 Å². The van der Waals surface area contributed by atoms with Gasteiger partial charge in [0.25, 0.3) is 5.91 Å². The maximum atomic E-state index is 12.8. The van der Waals surface area contributed by atoms with Crippen LogP contribution < -0.4 is 19.9 Å². The third-order valence-corrected chi connectivity index (χ3v) is 6.87. The molecule has 1 unspecified atom stereocenters. The summed E-state index contributed by atoms with van der Waals surface area (Å²) in [5.41, 5.74) is 10.0. The summed E-state index contributed by atoms with van der Waals surface area (Å²) in [6.45, 7) is 6.65. The van der Waals surface area contributed by atoms with Crippen molar-refractivity contribution >= 4 is 16.8 Å². The number of carbonyl (C=O) groups is 1. The third kappa shape index (κ3) is 5.40. The number of fused-ring (bicyclic) bond motifs is 1. The summed E-state index contributed by atoms with van der Waals surface area (Å²) in [5, 5.41) is 1.09. The molecule has 188 valence electrons. The fraction of sp³-hybridized carbons (Fsp3) is 0.464. The summed E-state index contributed by atoms with van der Waals surface area (Å²) in [7, 11) is 3.28. The number of amides is 1. The van der Waals surface area contributed by atoms with E-state index in [0.717, 1.165) is 54.5 Å². The molecular formula is C28H37N3O4. The minimum Gasteiger partial charge on any atom is -0.493 e. The first kappa shape index (κ1) is 24.9. The average molecular weight is 480 g/mol. The Labute approximate surface area is 207 Å². The van der Waals surface area contributed by atoms with E-state index in [1.807, 2.05) is 41.3 Å². The number of benzene rings is 2. The molecule has 0 spiro atoms. The lowest BCUT2D eigenvalue weighted by Gasteiger charge is -2.32. The lowest BCUT2D eigenvalue weighted by Crippen LogP contribution is -2.42.